The van der Waals surface area contributed by atoms with E-state index in [2.05, 4.69) is 4.98 Å². The Morgan fingerprint density at radius 3 is 2.80 bits per heavy atom. The molecule has 0 unspecified atom stereocenters. The molecule has 2 N–H and O–H groups in total. The molecule has 54 valence electrons. The average molecular weight is 140 g/mol. The van der Waals surface area contributed by atoms with E-state index in [1.54, 1.807) is 19.1 Å². The zero-order valence-electron chi connectivity index (χ0n) is 5.76. The van der Waals surface area contributed by atoms with Crippen molar-refractivity contribution in [3.05, 3.63) is 29.3 Å². The van der Waals surface area contributed by atoms with Crippen LogP contribution >= 0.6 is 0 Å². The summed E-state index contributed by atoms with van der Waals surface area (Å²) in [7, 11) is 0. The van der Waals surface area contributed by atoms with Gasteiger partial charge in [-0.05, 0) is 13.0 Å². The predicted octanol–water partition coefficient (Wildman–Crippen LogP) is 0.988. The number of aromatic nitrogens is 1. The van der Waals surface area contributed by atoms with E-state index in [4.69, 9.17) is 5.73 Å². The van der Waals surface area contributed by atoms with Crippen LogP contribution in [0.5, 0.6) is 0 Å². The van der Waals surface area contributed by atoms with E-state index < -0.39 is 5.95 Å². The van der Waals surface area contributed by atoms with Gasteiger partial charge in [0.2, 0.25) is 5.95 Å². The Labute approximate surface area is 58.9 Å². The summed E-state index contributed by atoms with van der Waals surface area (Å²) < 4.78 is 12.6. The normalized spacial score (nSPS) is 9.90. The van der Waals surface area contributed by atoms with Gasteiger partial charge in [-0.15, -0.1) is 0 Å². The fourth-order valence-corrected chi connectivity index (χ4v) is 0.655. The predicted molar refractivity (Wildman–Crippen MR) is 36.8 cm³/mol. The van der Waals surface area contributed by atoms with Crippen LogP contribution in [0.25, 0.3) is 0 Å². The standard InChI is InChI=1S/C7H9FN2/c1-5-2-3-6(4-9)10-7(5)8/h2-3H,4,9H2,1H3. The Hall–Kier alpha value is -0.960. The SMILES string of the molecule is Cc1ccc(CN)nc1F. The van der Waals surface area contributed by atoms with Gasteiger partial charge in [-0.1, -0.05) is 6.07 Å². The van der Waals surface area contributed by atoms with Crippen molar-refractivity contribution in [1.29, 1.82) is 0 Å². The van der Waals surface area contributed by atoms with E-state index >= 15 is 0 Å². The minimum Gasteiger partial charge on any atom is -0.325 e. The third-order valence-electron chi connectivity index (χ3n) is 1.30. The summed E-state index contributed by atoms with van der Waals surface area (Å²) in [6, 6.07) is 3.39. The second-order valence-corrected chi connectivity index (χ2v) is 2.11. The van der Waals surface area contributed by atoms with E-state index in [0.717, 1.165) is 0 Å². The smallest absolute Gasteiger partial charge is 0.216 e. The summed E-state index contributed by atoms with van der Waals surface area (Å²) in [5.74, 6) is -0.428. The maximum atomic E-state index is 12.6. The van der Waals surface area contributed by atoms with Gasteiger partial charge >= 0.3 is 0 Å². The van der Waals surface area contributed by atoms with Crippen LogP contribution in [-0.2, 0) is 6.54 Å². The summed E-state index contributed by atoms with van der Waals surface area (Å²) in [5, 5.41) is 0. The van der Waals surface area contributed by atoms with Crippen LogP contribution in [0.15, 0.2) is 12.1 Å². The zero-order valence-corrected chi connectivity index (χ0v) is 5.76. The molecule has 3 heteroatoms. The Morgan fingerprint density at radius 1 is 1.60 bits per heavy atom. The summed E-state index contributed by atoms with van der Waals surface area (Å²) in [6.45, 7) is 1.96. The highest BCUT2D eigenvalue weighted by Crippen LogP contribution is 2.02. The lowest BCUT2D eigenvalue weighted by Gasteiger charge is -1.97. The molecule has 1 aromatic rings. The second kappa shape index (κ2) is 2.75. The zero-order chi connectivity index (χ0) is 7.56. The largest absolute Gasteiger partial charge is 0.325 e. The average Bonchev–Trinajstić information content (AvgIpc) is 1.95. The Morgan fingerprint density at radius 2 is 2.30 bits per heavy atom. The van der Waals surface area contributed by atoms with Crippen molar-refractivity contribution in [1.82, 2.24) is 4.98 Å². The molecule has 10 heavy (non-hydrogen) atoms. The van der Waals surface area contributed by atoms with Gasteiger partial charge in [-0.25, -0.2) is 4.98 Å². The molecule has 0 bridgehead atoms. The van der Waals surface area contributed by atoms with Crippen LogP contribution in [0.2, 0.25) is 0 Å². The molecule has 0 aliphatic carbocycles. The van der Waals surface area contributed by atoms with Gasteiger partial charge in [-0.2, -0.15) is 4.39 Å². The van der Waals surface area contributed by atoms with Crippen molar-refractivity contribution >= 4 is 0 Å². The van der Waals surface area contributed by atoms with Gasteiger partial charge in [0.15, 0.2) is 0 Å². The molecule has 0 radical (unpaired) electrons. The first-order valence-electron chi connectivity index (χ1n) is 3.06. The first-order valence-corrected chi connectivity index (χ1v) is 3.06. The van der Waals surface area contributed by atoms with E-state index in [0.29, 0.717) is 11.3 Å². The maximum absolute atomic E-state index is 12.6. The van der Waals surface area contributed by atoms with Crippen LogP contribution in [-0.4, -0.2) is 4.98 Å². The molecule has 0 atom stereocenters. The number of nitrogens with two attached hydrogens (primary N) is 1. The number of hydrogen-bond donors (Lipinski definition) is 1. The van der Waals surface area contributed by atoms with Crippen molar-refractivity contribution in [2.75, 3.05) is 0 Å². The molecule has 0 amide bonds. The van der Waals surface area contributed by atoms with Gasteiger partial charge in [0.1, 0.15) is 0 Å². The number of rotatable bonds is 1. The quantitative estimate of drug-likeness (QED) is 0.591. The van der Waals surface area contributed by atoms with Crippen molar-refractivity contribution in [3.63, 3.8) is 0 Å². The lowest BCUT2D eigenvalue weighted by atomic mass is 10.3. The fourth-order valence-electron chi connectivity index (χ4n) is 0.655. The molecule has 1 aromatic heterocycles. The second-order valence-electron chi connectivity index (χ2n) is 2.11. The molecule has 0 saturated heterocycles. The highest BCUT2D eigenvalue weighted by molar-refractivity contribution is 5.13. The third kappa shape index (κ3) is 1.30. The minimum absolute atomic E-state index is 0.289. The van der Waals surface area contributed by atoms with E-state index in [1.165, 1.54) is 0 Å². The van der Waals surface area contributed by atoms with Crippen molar-refractivity contribution in [2.45, 2.75) is 13.5 Å². The number of halogens is 1. The molecule has 0 aliphatic rings. The van der Waals surface area contributed by atoms with Crippen LogP contribution in [0.1, 0.15) is 11.3 Å². The topological polar surface area (TPSA) is 38.9 Å². The molecule has 1 heterocycles. The van der Waals surface area contributed by atoms with Crippen LogP contribution in [0.4, 0.5) is 4.39 Å². The summed E-state index contributed by atoms with van der Waals surface area (Å²) >= 11 is 0. The van der Waals surface area contributed by atoms with Crippen molar-refractivity contribution < 1.29 is 4.39 Å². The maximum Gasteiger partial charge on any atom is 0.216 e. The van der Waals surface area contributed by atoms with Gasteiger partial charge in [0.25, 0.3) is 0 Å². The molecule has 0 aliphatic heterocycles. The number of aryl methyl sites for hydroxylation is 1. The summed E-state index contributed by atoms with van der Waals surface area (Å²) in [6.07, 6.45) is 0. The molecule has 1 rings (SSSR count). The number of nitrogens with zero attached hydrogens (tertiary/aromatic N) is 1. The lowest BCUT2D eigenvalue weighted by Crippen LogP contribution is -2.01. The number of hydrogen-bond acceptors (Lipinski definition) is 2. The minimum atomic E-state index is -0.428. The monoisotopic (exact) mass is 140 g/mol. The molecule has 0 aromatic carbocycles. The first kappa shape index (κ1) is 7.15. The van der Waals surface area contributed by atoms with E-state index in [1.807, 2.05) is 0 Å². The molecule has 0 saturated carbocycles. The Bertz CT molecular complexity index is 235. The summed E-state index contributed by atoms with van der Waals surface area (Å²) in [5.41, 5.74) is 6.38. The highest BCUT2D eigenvalue weighted by Gasteiger charge is 1.97. The highest BCUT2D eigenvalue weighted by atomic mass is 19.1. The van der Waals surface area contributed by atoms with Crippen molar-refractivity contribution in [2.24, 2.45) is 5.73 Å². The molecular formula is C7H9FN2. The summed E-state index contributed by atoms with van der Waals surface area (Å²) in [4.78, 5) is 3.60. The van der Waals surface area contributed by atoms with Gasteiger partial charge in [-0.3, -0.25) is 0 Å². The van der Waals surface area contributed by atoms with E-state index in [-0.39, 0.29) is 6.54 Å². The van der Waals surface area contributed by atoms with Crippen LogP contribution < -0.4 is 5.73 Å². The lowest BCUT2D eigenvalue weighted by molar-refractivity contribution is 0.567. The molecule has 2 nitrogen and oxygen atoms in total. The number of pyridine rings is 1. The third-order valence-corrected chi connectivity index (χ3v) is 1.30. The Kier molecular flexibility index (Phi) is 1.97. The van der Waals surface area contributed by atoms with Crippen LogP contribution in [0.3, 0.4) is 0 Å². The molecule has 0 spiro atoms. The van der Waals surface area contributed by atoms with E-state index in [9.17, 15) is 4.39 Å². The van der Waals surface area contributed by atoms with Gasteiger partial charge < -0.3 is 5.73 Å². The first-order chi connectivity index (χ1) is 4.74. The van der Waals surface area contributed by atoms with Crippen LogP contribution in [0, 0.1) is 12.9 Å². The fraction of sp³-hybridized carbons (Fsp3) is 0.286. The molecular weight excluding hydrogens is 131 g/mol. The Balaban J connectivity index is 3.04. The van der Waals surface area contributed by atoms with Crippen molar-refractivity contribution in [3.8, 4) is 0 Å². The molecule has 0 fully saturated rings. The van der Waals surface area contributed by atoms with Gasteiger partial charge in [0, 0.05) is 12.1 Å². The van der Waals surface area contributed by atoms with Gasteiger partial charge in [0.05, 0.1) is 5.69 Å².